The number of fused-ring (bicyclic) bond motifs is 3. The number of hydrogen-bond donors (Lipinski definition) is 2. The van der Waals surface area contributed by atoms with Gasteiger partial charge in [-0.3, -0.25) is 9.59 Å². The van der Waals surface area contributed by atoms with E-state index in [1.165, 1.54) is 16.0 Å². The van der Waals surface area contributed by atoms with Gasteiger partial charge in [-0.15, -0.1) is 0 Å². The first kappa shape index (κ1) is 23.3. The van der Waals surface area contributed by atoms with Crippen LogP contribution in [0.3, 0.4) is 0 Å². The minimum Gasteiger partial charge on any atom is -0.480 e. The SMILES string of the molecule is CC(CNC(=O)OCC1c2ccccc2-c2ccccc21)CC(=O)N(CC(=O)O)C(C)C. The monoisotopic (exact) mass is 438 g/mol. The van der Waals surface area contributed by atoms with Crippen LogP contribution in [0.1, 0.15) is 44.2 Å². The van der Waals surface area contributed by atoms with Crippen molar-refractivity contribution in [3.8, 4) is 11.1 Å². The largest absolute Gasteiger partial charge is 0.480 e. The molecule has 170 valence electrons. The summed E-state index contributed by atoms with van der Waals surface area (Å²) in [5, 5.41) is 11.7. The molecule has 0 aliphatic heterocycles. The lowest BCUT2D eigenvalue weighted by Crippen LogP contribution is -2.42. The Labute approximate surface area is 188 Å². The van der Waals surface area contributed by atoms with Crippen molar-refractivity contribution >= 4 is 18.0 Å². The zero-order chi connectivity index (χ0) is 23.3. The molecule has 3 rings (SSSR count). The maximum absolute atomic E-state index is 12.4. The second-order valence-corrected chi connectivity index (χ2v) is 8.52. The second kappa shape index (κ2) is 10.3. The van der Waals surface area contributed by atoms with Gasteiger partial charge in [0.1, 0.15) is 13.2 Å². The van der Waals surface area contributed by atoms with Crippen LogP contribution in [-0.2, 0) is 14.3 Å². The van der Waals surface area contributed by atoms with E-state index in [4.69, 9.17) is 9.84 Å². The van der Waals surface area contributed by atoms with Crippen LogP contribution in [0, 0.1) is 5.92 Å². The van der Waals surface area contributed by atoms with Crippen molar-refractivity contribution in [3.05, 3.63) is 59.7 Å². The van der Waals surface area contributed by atoms with Crippen LogP contribution >= 0.6 is 0 Å². The molecule has 0 aromatic heterocycles. The summed E-state index contributed by atoms with van der Waals surface area (Å²) in [5.41, 5.74) is 4.63. The third-order valence-electron chi connectivity index (χ3n) is 5.71. The Kier molecular flexibility index (Phi) is 7.51. The Morgan fingerprint density at radius 3 is 2.09 bits per heavy atom. The molecule has 2 amide bonds. The fraction of sp³-hybridized carbons (Fsp3) is 0.400. The van der Waals surface area contributed by atoms with E-state index in [0.29, 0.717) is 0 Å². The lowest BCUT2D eigenvalue weighted by molar-refractivity contribution is -0.146. The van der Waals surface area contributed by atoms with Crippen LogP contribution in [0.4, 0.5) is 4.79 Å². The number of benzene rings is 2. The van der Waals surface area contributed by atoms with E-state index >= 15 is 0 Å². The van der Waals surface area contributed by atoms with E-state index < -0.39 is 12.1 Å². The number of alkyl carbamates (subject to hydrolysis) is 1. The average molecular weight is 439 g/mol. The van der Waals surface area contributed by atoms with E-state index in [1.807, 2.05) is 31.2 Å². The number of ether oxygens (including phenoxy) is 1. The molecular weight excluding hydrogens is 408 g/mol. The highest BCUT2D eigenvalue weighted by Gasteiger charge is 2.29. The Morgan fingerprint density at radius 2 is 1.56 bits per heavy atom. The summed E-state index contributed by atoms with van der Waals surface area (Å²) < 4.78 is 5.51. The molecule has 2 aromatic rings. The van der Waals surface area contributed by atoms with Crippen molar-refractivity contribution in [2.75, 3.05) is 19.7 Å². The van der Waals surface area contributed by atoms with Gasteiger partial charge in [-0.25, -0.2) is 4.79 Å². The smallest absolute Gasteiger partial charge is 0.407 e. The molecule has 1 unspecified atom stereocenters. The van der Waals surface area contributed by atoms with Crippen LogP contribution in [0.2, 0.25) is 0 Å². The number of carbonyl (C=O) groups is 3. The Hall–Kier alpha value is -3.35. The summed E-state index contributed by atoms with van der Waals surface area (Å²) in [6.07, 6.45) is -0.382. The van der Waals surface area contributed by atoms with Gasteiger partial charge >= 0.3 is 12.1 Å². The molecule has 32 heavy (non-hydrogen) atoms. The van der Waals surface area contributed by atoms with E-state index in [9.17, 15) is 14.4 Å². The normalized spacial score (nSPS) is 13.2. The van der Waals surface area contributed by atoms with Crippen molar-refractivity contribution in [2.24, 2.45) is 5.92 Å². The van der Waals surface area contributed by atoms with Crippen LogP contribution < -0.4 is 5.32 Å². The number of hydrogen-bond acceptors (Lipinski definition) is 4. The summed E-state index contributed by atoms with van der Waals surface area (Å²) in [7, 11) is 0. The summed E-state index contributed by atoms with van der Waals surface area (Å²) in [4.78, 5) is 37.0. The maximum atomic E-state index is 12.4. The van der Waals surface area contributed by atoms with Gasteiger partial charge in [0, 0.05) is 24.9 Å². The molecule has 7 nitrogen and oxygen atoms in total. The zero-order valence-electron chi connectivity index (χ0n) is 18.7. The number of rotatable bonds is 9. The van der Waals surface area contributed by atoms with Crippen LogP contribution in [0.5, 0.6) is 0 Å². The number of nitrogens with one attached hydrogen (secondary N) is 1. The van der Waals surface area contributed by atoms with E-state index in [-0.39, 0.29) is 49.9 Å². The molecule has 1 atom stereocenters. The number of carbonyl (C=O) groups excluding carboxylic acids is 2. The third-order valence-corrected chi connectivity index (χ3v) is 5.71. The van der Waals surface area contributed by atoms with Crippen LogP contribution in [-0.4, -0.2) is 53.7 Å². The van der Waals surface area contributed by atoms with Gasteiger partial charge in [-0.1, -0.05) is 55.5 Å². The van der Waals surface area contributed by atoms with Gasteiger partial charge in [0.25, 0.3) is 0 Å². The molecule has 0 radical (unpaired) electrons. The number of carboxylic acid groups (broad SMARTS) is 1. The number of carboxylic acids is 1. The minimum atomic E-state index is -1.04. The number of amides is 2. The van der Waals surface area contributed by atoms with E-state index in [0.717, 1.165) is 11.1 Å². The zero-order valence-corrected chi connectivity index (χ0v) is 18.7. The van der Waals surface area contributed by atoms with Crippen molar-refractivity contribution in [1.29, 1.82) is 0 Å². The Morgan fingerprint density at radius 1 is 1.00 bits per heavy atom. The lowest BCUT2D eigenvalue weighted by Gasteiger charge is -2.26. The highest BCUT2D eigenvalue weighted by atomic mass is 16.5. The van der Waals surface area contributed by atoms with Gasteiger partial charge in [0.05, 0.1) is 0 Å². The molecule has 0 saturated heterocycles. The predicted octanol–water partition coefficient (Wildman–Crippen LogP) is 3.87. The number of nitrogens with zero attached hydrogens (tertiary/aromatic N) is 1. The Balaban J connectivity index is 1.50. The first-order valence-electron chi connectivity index (χ1n) is 10.9. The molecule has 0 spiro atoms. The van der Waals surface area contributed by atoms with Crippen LogP contribution in [0.15, 0.2) is 48.5 Å². The predicted molar refractivity (Wildman–Crippen MR) is 121 cm³/mol. The molecule has 0 saturated carbocycles. The molecule has 2 aromatic carbocycles. The lowest BCUT2D eigenvalue weighted by atomic mass is 9.98. The van der Waals surface area contributed by atoms with Crippen molar-refractivity contribution < 1.29 is 24.2 Å². The molecular formula is C25H30N2O5. The van der Waals surface area contributed by atoms with Gasteiger partial charge in [-0.2, -0.15) is 0 Å². The molecule has 0 fully saturated rings. The van der Waals surface area contributed by atoms with Gasteiger partial charge < -0.3 is 20.1 Å². The number of aliphatic carboxylic acids is 1. The van der Waals surface area contributed by atoms with Crippen molar-refractivity contribution in [3.63, 3.8) is 0 Å². The van der Waals surface area contributed by atoms with Gasteiger partial charge in [0.2, 0.25) is 5.91 Å². The van der Waals surface area contributed by atoms with Crippen LogP contribution in [0.25, 0.3) is 11.1 Å². The summed E-state index contributed by atoms with van der Waals surface area (Å²) >= 11 is 0. The maximum Gasteiger partial charge on any atom is 0.407 e. The minimum absolute atomic E-state index is 0.0113. The van der Waals surface area contributed by atoms with Crippen molar-refractivity contribution in [1.82, 2.24) is 10.2 Å². The molecule has 2 N–H and O–H groups in total. The average Bonchev–Trinajstić information content (AvgIpc) is 3.08. The fourth-order valence-electron chi connectivity index (χ4n) is 4.10. The highest BCUT2D eigenvalue weighted by Crippen LogP contribution is 2.44. The fourth-order valence-corrected chi connectivity index (χ4v) is 4.10. The Bertz CT molecular complexity index is 942. The van der Waals surface area contributed by atoms with Crippen molar-refractivity contribution in [2.45, 2.75) is 39.2 Å². The topological polar surface area (TPSA) is 95.9 Å². The first-order valence-corrected chi connectivity index (χ1v) is 10.9. The van der Waals surface area contributed by atoms with Gasteiger partial charge in [0.15, 0.2) is 0 Å². The summed E-state index contributed by atoms with van der Waals surface area (Å²) in [6.45, 7) is 5.55. The molecule has 0 bridgehead atoms. The summed E-state index contributed by atoms with van der Waals surface area (Å²) in [5.74, 6) is -1.46. The highest BCUT2D eigenvalue weighted by molar-refractivity contribution is 5.82. The molecule has 0 heterocycles. The first-order chi connectivity index (χ1) is 15.3. The molecule has 1 aliphatic carbocycles. The molecule has 1 aliphatic rings. The van der Waals surface area contributed by atoms with Gasteiger partial charge in [-0.05, 0) is 42.0 Å². The molecule has 7 heteroatoms. The summed E-state index contributed by atoms with van der Waals surface area (Å²) in [6, 6.07) is 16.1. The van der Waals surface area contributed by atoms with E-state index in [2.05, 4.69) is 29.6 Å². The van der Waals surface area contributed by atoms with E-state index in [1.54, 1.807) is 13.8 Å². The second-order valence-electron chi connectivity index (χ2n) is 8.52. The third kappa shape index (κ3) is 5.46. The standard InChI is InChI=1S/C25H30N2O5/c1-16(2)27(14-24(29)30)23(28)12-17(3)13-26-25(31)32-15-22-20-10-6-4-8-18(20)19-9-5-7-11-21(19)22/h4-11,16-17,22H,12-15H2,1-3H3,(H,26,31)(H,29,30). The quantitative estimate of drug-likeness (QED) is 0.620.